The number of anilines is 1. The molecule has 0 saturated heterocycles. The number of aryl methyl sites for hydroxylation is 1. The van der Waals surface area contributed by atoms with Gasteiger partial charge in [0.15, 0.2) is 5.65 Å². The molecule has 3 rings (SSSR count). The normalized spacial score (nSPS) is 11.8. The lowest BCUT2D eigenvalue weighted by molar-refractivity contribution is 0.570. The number of fused-ring (bicyclic) bond motifs is 1. The Hall–Kier alpha value is -2.69. The molecule has 23 heavy (non-hydrogen) atoms. The van der Waals surface area contributed by atoms with Crippen molar-refractivity contribution < 1.29 is 0 Å². The summed E-state index contributed by atoms with van der Waals surface area (Å²) in [5, 5.41) is 0.681. The van der Waals surface area contributed by atoms with Crippen LogP contribution in [0.3, 0.4) is 0 Å². The molecule has 0 aliphatic heterocycles. The third-order valence-corrected chi connectivity index (χ3v) is 3.90. The average molecular weight is 308 g/mol. The van der Waals surface area contributed by atoms with Crippen molar-refractivity contribution in [1.82, 2.24) is 14.5 Å². The molecule has 2 aromatic heterocycles. The second kappa shape index (κ2) is 5.19. The summed E-state index contributed by atoms with van der Waals surface area (Å²) in [4.78, 5) is 21.2. The van der Waals surface area contributed by atoms with Crippen LogP contribution in [0.15, 0.2) is 41.2 Å². The van der Waals surface area contributed by atoms with Gasteiger partial charge in [0, 0.05) is 11.1 Å². The van der Waals surface area contributed by atoms with Gasteiger partial charge in [0.25, 0.3) is 0 Å². The van der Waals surface area contributed by atoms with Gasteiger partial charge >= 0.3 is 5.69 Å². The van der Waals surface area contributed by atoms with Crippen LogP contribution in [0, 0.1) is 6.92 Å². The first-order valence-electron chi connectivity index (χ1n) is 7.55. The number of para-hydroxylation sites is 1. The molecule has 0 aliphatic carbocycles. The number of hydrogen-bond donors (Lipinski definition) is 1. The van der Waals surface area contributed by atoms with Gasteiger partial charge in [0.2, 0.25) is 0 Å². The van der Waals surface area contributed by atoms with Gasteiger partial charge in [-0.3, -0.25) is 0 Å². The highest BCUT2D eigenvalue weighted by Crippen LogP contribution is 2.25. The number of nitrogens with zero attached hydrogens (tertiary/aromatic N) is 3. The van der Waals surface area contributed by atoms with Crippen LogP contribution in [0.2, 0.25) is 0 Å². The van der Waals surface area contributed by atoms with Crippen LogP contribution in [0.25, 0.3) is 16.7 Å². The van der Waals surface area contributed by atoms with E-state index in [2.05, 4.69) is 25.8 Å². The Morgan fingerprint density at radius 1 is 1.04 bits per heavy atom. The second-order valence-electron chi connectivity index (χ2n) is 6.72. The molecule has 5 heteroatoms. The lowest BCUT2D eigenvalue weighted by Gasteiger charge is -2.19. The predicted molar refractivity (Wildman–Crippen MR) is 93.0 cm³/mol. The van der Waals surface area contributed by atoms with Gasteiger partial charge in [-0.15, -0.1) is 0 Å². The van der Waals surface area contributed by atoms with E-state index in [0.29, 0.717) is 11.0 Å². The van der Waals surface area contributed by atoms with E-state index in [-0.39, 0.29) is 11.2 Å². The van der Waals surface area contributed by atoms with Crippen LogP contribution in [0.5, 0.6) is 0 Å². The lowest BCUT2D eigenvalue weighted by Crippen LogP contribution is -2.25. The number of nitrogens with two attached hydrogens (primary N) is 1. The van der Waals surface area contributed by atoms with E-state index in [1.165, 1.54) is 4.57 Å². The maximum Gasteiger partial charge on any atom is 0.355 e. The zero-order valence-electron chi connectivity index (χ0n) is 13.8. The molecule has 0 fully saturated rings. The highest BCUT2D eigenvalue weighted by atomic mass is 16.1. The minimum Gasteiger partial charge on any atom is -0.383 e. The van der Waals surface area contributed by atoms with Crippen LogP contribution in [-0.2, 0) is 5.41 Å². The zero-order chi connectivity index (χ0) is 16.8. The van der Waals surface area contributed by atoms with Crippen molar-refractivity contribution in [3.63, 3.8) is 0 Å². The molecular weight excluding hydrogens is 288 g/mol. The first-order chi connectivity index (χ1) is 10.8. The number of rotatable bonds is 1. The van der Waals surface area contributed by atoms with Crippen LogP contribution >= 0.6 is 0 Å². The molecule has 5 nitrogen and oxygen atoms in total. The third-order valence-electron chi connectivity index (χ3n) is 3.90. The Balaban J connectivity index is 2.46. The Bertz CT molecular complexity index is 951. The summed E-state index contributed by atoms with van der Waals surface area (Å²) in [6, 6.07) is 11.5. The van der Waals surface area contributed by atoms with Crippen LogP contribution in [0.1, 0.15) is 32.0 Å². The van der Waals surface area contributed by atoms with Gasteiger partial charge in [-0.2, -0.15) is 4.98 Å². The van der Waals surface area contributed by atoms with Crippen molar-refractivity contribution in [3.05, 3.63) is 58.1 Å². The van der Waals surface area contributed by atoms with Crippen molar-refractivity contribution in [2.45, 2.75) is 33.1 Å². The highest BCUT2D eigenvalue weighted by Gasteiger charge is 2.19. The average Bonchev–Trinajstić information content (AvgIpc) is 2.47. The highest BCUT2D eigenvalue weighted by molar-refractivity contribution is 5.86. The molecule has 3 aromatic rings. The molecule has 0 spiro atoms. The van der Waals surface area contributed by atoms with E-state index in [4.69, 9.17) is 10.7 Å². The summed E-state index contributed by atoms with van der Waals surface area (Å²) in [6.45, 7) is 8.21. The smallest absolute Gasteiger partial charge is 0.355 e. The number of hydrogen-bond acceptors (Lipinski definition) is 4. The summed E-state index contributed by atoms with van der Waals surface area (Å²) < 4.78 is 1.54. The van der Waals surface area contributed by atoms with Gasteiger partial charge in [-0.1, -0.05) is 39.0 Å². The summed E-state index contributed by atoms with van der Waals surface area (Å²) in [5.41, 5.74) is 8.59. The van der Waals surface area contributed by atoms with Crippen LogP contribution < -0.4 is 11.4 Å². The minimum atomic E-state index is -0.414. The van der Waals surface area contributed by atoms with Gasteiger partial charge in [-0.05, 0) is 30.7 Å². The molecule has 2 N–H and O–H groups in total. The molecule has 118 valence electrons. The molecule has 0 saturated carbocycles. The second-order valence-corrected chi connectivity index (χ2v) is 6.72. The van der Waals surface area contributed by atoms with Crippen molar-refractivity contribution >= 4 is 16.9 Å². The van der Waals surface area contributed by atoms with E-state index in [1.807, 2.05) is 43.3 Å². The van der Waals surface area contributed by atoms with Gasteiger partial charge < -0.3 is 5.73 Å². The Labute approximate surface area is 134 Å². The first kappa shape index (κ1) is 15.2. The van der Waals surface area contributed by atoms with Crippen molar-refractivity contribution in [3.8, 4) is 5.69 Å². The molecule has 0 radical (unpaired) electrons. The van der Waals surface area contributed by atoms with E-state index in [0.717, 1.165) is 16.9 Å². The van der Waals surface area contributed by atoms with Crippen molar-refractivity contribution in [2.24, 2.45) is 0 Å². The summed E-state index contributed by atoms with van der Waals surface area (Å²) in [5.74, 6) is 0.211. The fourth-order valence-electron chi connectivity index (χ4n) is 2.57. The van der Waals surface area contributed by atoms with Crippen molar-refractivity contribution in [1.29, 1.82) is 0 Å². The third kappa shape index (κ3) is 2.59. The summed E-state index contributed by atoms with van der Waals surface area (Å²) in [6.07, 6.45) is 0. The Morgan fingerprint density at radius 3 is 2.39 bits per heavy atom. The van der Waals surface area contributed by atoms with Crippen LogP contribution in [-0.4, -0.2) is 14.5 Å². The number of nitrogen functional groups attached to an aromatic ring is 1. The summed E-state index contributed by atoms with van der Waals surface area (Å²) in [7, 11) is 0. The molecular formula is C18H20N4O. The number of pyridine rings is 1. The minimum absolute atomic E-state index is 0.126. The first-order valence-corrected chi connectivity index (χ1v) is 7.55. The SMILES string of the molecule is Cc1ccccc1-n1c(=O)nc(N)c2ccc(C(C)(C)C)nc21. The largest absolute Gasteiger partial charge is 0.383 e. The topological polar surface area (TPSA) is 73.8 Å². The Morgan fingerprint density at radius 2 is 1.74 bits per heavy atom. The van der Waals surface area contributed by atoms with Gasteiger partial charge in [0.1, 0.15) is 5.82 Å². The monoisotopic (exact) mass is 308 g/mol. The molecule has 1 aromatic carbocycles. The molecule has 0 aliphatic rings. The predicted octanol–water partition coefficient (Wildman–Crippen LogP) is 2.97. The fraction of sp³-hybridized carbons (Fsp3) is 0.278. The van der Waals surface area contributed by atoms with Gasteiger partial charge in [-0.25, -0.2) is 14.3 Å². The maximum atomic E-state index is 12.5. The van der Waals surface area contributed by atoms with Gasteiger partial charge in [0.05, 0.1) is 11.1 Å². The molecule has 0 amide bonds. The Kier molecular flexibility index (Phi) is 3.43. The fourth-order valence-corrected chi connectivity index (χ4v) is 2.57. The van der Waals surface area contributed by atoms with Crippen LogP contribution in [0.4, 0.5) is 5.82 Å². The van der Waals surface area contributed by atoms with Crippen molar-refractivity contribution in [2.75, 3.05) is 5.73 Å². The molecule has 0 atom stereocenters. The molecule has 0 bridgehead atoms. The number of benzene rings is 1. The van der Waals surface area contributed by atoms with E-state index in [9.17, 15) is 4.79 Å². The lowest BCUT2D eigenvalue weighted by atomic mass is 9.91. The summed E-state index contributed by atoms with van der Waals surface area (Å²) >= 11 is 0. The zero-order valence-corrected chi connectivity index (χ0v) is 13.8. The maximum absolute atomic E-state index is 12.5. The number of aromatic nitrogens is 3. The van der Waals surface area contributed by atoms with E-state index in [1.54, 1.807) is 0 Å². The molecule has 0 unspecified atom stereocenters. The van der Waals surface area contributed by atoms with E-state index >= 15 is 0 Å². The molecule has 2 heterocycles. The quantitative estimate of drug-likeness (QED) is 0.750. The standard InChI is InChI=1S/C18H20N4O/c1-11-7-5-6-8-13(11)22-16-12(15(19)21-17(22)23)9-10-14(20-16)18(2,3)4/h5-10H,1-4H3,(H2,19,21,23). The van der Waals surface area contributed by atoms with E-state index < -0.39 is 5.69 Å².